The summed E-state index contributed by atoms with van der Waals surface area (Å²) in [6.45, 7) is 6.06. The second kappa shape index (κ2) is 6.45. The van der Waals surface area contributed by atoms with Crippen LogP contribution in [-0.2, 0) is 4.79 Å². The Morgan fingerprint density at radius 3 is 2.57 bits per heavy atom. The van der Waals surface area contributed by atoms with Gasteiger partial charge in [-0.2, -0.15) is 0 Å². The van der Waals surface area contributed by atoms with E-state index in [4.69, 9.17) is 4.74 Å². The fourth-order valence-corrected chi connectivity index (χ4v) is 3.41. The number of ether oxygens (including phenoxy) is 1. The van der Waals surface area contributed by atoms with Crippen LogP contribution < -0.4 is 15.6 Å². The zero-order valence-corrected chi connectivity index (χ0v) is 15.9. The van der Waals surface area contributed by atoms with Gasteiger partial charge in [-0.3, -0.25) is 19.7 Å². The average Bonchev–Trinajstić information content (AvgIpc) is 2.56. The Morgan fingerprint density at radius 2 is 2.00 bits per heavy atom. The number of pyridine rings is 1. The number of benzene rings is 1. The molecule has 0 saturated heterocycles. The van der Waals surface area contributed by atoms with E-state index < -0.39 is 28.1 Å². The molecule has 9 heteroatoms. The standard InChI is InChI=1S/C19H21N3O6/c1-11(23)20-13-9-12-15(10-14(13)22(26)27)28-18(2,3)19(4,25)17(12)21-8-6-5-7-16(21)24/h5-10,17,25H,1-4H3,(H,20,23). The number of hydrogen-bond donors (Lipinski definition) is 2. The summed E-state index contributed by atoms with van der Waals surface area (Å²) in [5, 5.41) is 25.2. The molecule has 1 aromatic carbocycles. The molecule has 2 aromatic rings. The Morgan fingerprint density at radius 1 is 1.32 bits per heavy atom. The smallest absolute Gasteiger partial charge is 0.296 e. The Hall–Kier alpha value is -3.20. The number of fused-ring (bicyclic) bond motifs is 1. The van der Waals surface area contributed by atoms with E-state index in [0.29, 0.717) is 5.56 Å². The Balaban J connectivity index is 2.35. The minimum absolute atomic E-state index is 0.0377. The van der Waals surface area contributed by atoms with Gasteiger partial charge in [-0.15, -0.1) is 0 Å². The number of rotatable bonds is 3. The van der Waals surface area contributed by atoms with Crippen LogP contribution in [0.3, 0.4) is 0 Å². The maximum Gasteiger partial charge on any atom is 0.296 e. The van der Waals surface area contributed by atoms with Crippen LogP contribution in [0.5, 0.6) is 5.75 Å². The molecule has 0 radical (unpaired) electrons. The molecule has 2 heterocycles. The van der Waals surface area contributed by atoms with E-state index in [1.165, 1.54) is 35.9 Å². The van der Waals surface area contributed by atoms with E-state index in [2.05, 4.69) is 5.32 Å². The van der Waals surface area contributed by atoms with Gasteiger partial charge in [0.1, 0.15) is 22.6 Å². The summed E-state index contributed by atoms with van der Waals surface area (Å²) in [6, 6.07) is 6.28. The number of nitro groups is 1. The third kappa shape index (κ3) is 3.03. The van der Waals surface area contributed by atoms with Crippen molar-refractivity contribution < 1.29 is 19.6 Å². The maximum absolute atomic E-state index is 12.5. The van der Waals surface area contributed by atoms with E-state index >= 15 is 0 Å². The van der Waals surface area contributed by atoms with Crippen LogP contribution in [0, 0.1) is 10.1 Å². The molecular weight excluding hydrogens is 366 g/mol. The molecule has 2 N–H and O–H groups in total. The lowest BCUT2D eigenvalue weighted by atomic mass is 9.75. The van der Waals surface area contributed by atoms with Gasteiger partial charge < -0.3 is 19.7 Å². The predicted octanol–water partition coefficient (Wildman–Crippen LogP) is 2.23. The first-order valence-electron chi connectivity index (χ1n) is 8.64. The van der Waals surface area contributed by atoms with Crippen molar-refractivity contribution in [3.8, 4) is 5.75 Å². The molecule has 0 spiro atoms. The highest BCUT2D eigenvalue weighted by atomic mass is 16.6. The van der Waals surface area contributed by atoms with Gasteiger partial charge in [0.15, 0.2) is 0 Å². The summed E-state index contributed by atoms with van der Waals surface area (Å²) in [6.07, 6.45) is 1.53. The van der Waals surface area contributed by atoms with Gasteiger partial charge in [0.05, 0.1) is 17.0 Å². The molecule has 1 aliphatic heterocycles. The van der Waals surface area contributed by atoms with Crippen LogP contribution >= 0.6 is 0 Å². The number of nitro benzene ring substituents is 1. The largest absolute Gasteiger partial charge is 0.484 e. The second-order valence-electron chi connectivity index (χ2n) is 7.45. The summed E-state index contributed by atoms with van der Waals surface area (Å²) in [7, 11) is 0. The van der Waals surface area contributed by atoms with Gasteiger partial charge >= 0.3 is 0 Å². The van der Waals surface area contributed by atoms with E-state index in [1.54, 1.807) is 32.9 Å². The van der Waals surface area contributed by atoms with Gasteiger partial charge in [0.2, 0.25) is 5.91 Å². The molecule has 0 saturated carbocycles. The molecular formula is C19H21N3O6. The highest BCUT2D eigenvalue weighted by Crippen LogP contribution is 2.50. The minimum atomic E-state index is -1.55. The number of aliphatic hydroxyl groups is 1. The molecule has 28 heavy (non-hydrogen) atoms. The Bertz CT molecular complexity index is 1020. The second-order valence-corrected chi connectivity index (χ2v) is 7.45. The van der Waals surface area contributed by atoms with Gasteiger partial charge in [0, 0.05) is 24.8 Å². The fourth-order valence-electron chi connectivity index (χ4n) is 3.41. The van der Waals surface area contributed by atoms with E-state index in [9.17, 15) is 24.8 Å². The van der Waals surface area contributed by atoms with E-state index in [1.807, 2.05) is 0 Å². The lowest BCUT2D eigenvalue weighted by Gasteiger charge is -2.49. The number of carbonyl (C=O) groups is 1. The number of carbonyl (C=O) groups excluding carboxylic acids is 1. The monoisotopic (exact) mass is 387 g/mol. The van der Waals surface area contributed by atoms with Crippen molar-refractivity contribution in [3.05, 3.63) is 62.6 Å². The van der Waals surface area contributed by atoms with Gasteiger partial charge in [0.25, 0.3) is 11.2 Å². The van der Waals surface area contributed by atoms with E-state index in [-0.39, 0.29) is 22.7 Å². The summed E-state index contributed by atoms with van der Waals surface area (Å²) >= 11 is 0. The van der Waals surface area contributed by atoms with Crippen molar-refractivity contribution in [2.75, 3.05) is 5.32 Å². The molecule has 148 valence electrons. The van der Waals surface area contributed by atoms with Gasteiger partial charge in [-0.25, -0.2) is 0 Å². The average molecular weight is 387 g/mol. The number of amides is 1. The summed E-state index contributed by atoms with van der Waals surface area (Å²) in [4.78, 5) is 34.9. The van der Waals surface area contributed by atoms with Gasteiger partial charge in [-0.1, -0.05) is 6.07 Å². The number of nitrogens with one attached hydrogen (secondary N) is 1. The lowest BCUT2D eigenvalue weighted by Crippen LogP contribution is -2.60. The maximum atomic E-state index is 12.5. The first kappa shape index (κ1) is 19.6. The molecule has 0 fully saturated rings. The minimum Gasteiger partial charge on any atom is -0.484 e. The predicted molar refractivity (Wildman–Crippen MR) is 102 cm³/mol. The topological polar surface area (TPSA) is 124 Å². The number of nitrogens with zero attached hydrogens (tertiary/aromatic N) is 2. The molecule has 1 aromatic heterocycles. The van der Waals surface area contributed by atoms with Crippen LogP contribution in [0.15, 0.2) is 41.3 Å². The van der Waals surface area contributed by atoms with Crippen LogP contribution in [0.2, 0.25) is 0 Å². The zero-order chi connectivity index (χ0) is 20.9. The van der Waals surface area contributed by atoms with Gasteiger partial charge in [-0.05, 0) is 32.9 Å². The normalized spacial score (nSPS) is 22.7. The molecule has 2 atom stereocenters. The SMILES string of the molecule is CC(=O)Nc1cc2c(cc1[N+](=O)[O-])OC(C)(C)C(C)(O)C2n1ccccc1=O. The van der Waals surface area contributed by atoms with Crippen LogP contribution in [-0.4, -0.2) is 31.7 Å². The quantitative estimate of drug-likeness (QED) is 0.615. The summed E-state index contributed by atoms with van der Waals surface area (Å²) in [5.41, 5.74) is -3.09. The fraction of sp³-hybridized carbons (Fsp3) is 0.368. The first-order valence-corrected chi connectivity index (χ1v) is 8.64. The van der Waals surface area contributed by atoms with Crippen molar-refractivity contribution in [1.82, 2.24) is 4.57 Å². The number of anilines is 1. The zero-order valence-electron chi connectivity index (χ0n) is 15.9. The van der Waals surface area contributed by atoms with Crippen molar-refractivity contribution in [2.45, 2.75) is 44.9 Å². The molecule has 3 rings (SSSR count). The van der Waals surface area contributed by atoms with Crippen molar-refractivity contribution in [2.24, 2.45) is 0 Å². The van der Waals surface area contributed by atoms with Crippen molar-refractivity contribution >= 4 is 17.3 Å². The van der Waals surface area contributed by atoms with E-state index in [0.717, 1.165) is 0 Å². The molecule has 9 nitrogen and oxygen atoms in total. The number of hydrogen-bond acceptors (Lipinski definition) is 6. The highest BCUT2D eigenvalue weighted by Gasteiger charge is 2.54. The summed E-state index contributed by atoms with van der Waals surface area (Å²) in [5.74, 6) is -0.321. The molecule has 1 amide bonds. The van der Waals surface area contributed by atoms with Crippen LogP contribution in [0.25, 0.3) is 0 Å². The third-order valence-electron chi connectivity index (χ3n) is 5.18. The van der Waals surface area contributed by atoms with Crippen LogP contribution in [0.4, 0.5) is 11.4 Å². The van der Waals surface area contributed by atoms with Crippen LogP contribution in [0.1, 0.15) is 39.3 Å². The Kier molecular flexibility index (Phi) is 4.50. The molecule has 0 bridgehead atoms. The molecule has 0 aliphatic carbocycles. The highest BCUT2D eigenvalue weighted by molar-refractivity contribution is 5.92. The lowest BCUT2D eigenvalue weighted by molar-refractivity contribution is -0.384. The first-order chi connectivity index (χ1) is 13.0. The number of aromatic nitrogens is 1. The Labute approximate surface area is 160 Å². The molecule has 2 unspecified atom stereocenters. The summed E-state index contributed by atoms with van der Waals surface area (Å²) < 4.78 is 7.25. The molecule has 1 aliphatic rings. The third-order valence-corrected chi connectivity index (χ3v) is 5.18. The van der Waals surface area contributed by atoms with Crippen molar-refractivity contribution in [1.29, 1.82) is 0 Å². The van der Waals surface area contributed by atoms with Crippen molar-refractivity contribution in [3.63, 3.8) is 0 Å².